The van der Waals surface area contributed by atoms with Crippen molar-refractivity contribution in [2.75, 3.05) is 19.6 Å². The molecule has 1 N–H and O–H groups in total. The van der Waals surface area contributed by atoms with E-state index in [-0.39, 0.29) is 29.7 Å². The minimum Gasteiger partial charge on any atom is -0.340 e. The lowest BCUT2D eigenvalue weighted by Crippen LogP contribution is -2.51. The number of piperidine rings is 1. The van der Waals surface area contributed by atoms with Crippen LogP contribution in [0.4, 0.5) is 4.79 Å². The van der Waals surface area contributed by atoms with Crippen molar-refractivity contribution in [3.63, 3.8) is 0 Å². The van der Waals surface area contributed by atoms with Crippen molar-refractivity contribution < 1.29 is 14.4 Å². The highest BCUT2D eigenvalue weighted by molar-refractivity contribution is 7.09. The molecule has 1 aromatic rings. The highest BCUT2D eigenvalue weighted by Crippen LogP contribution is 2.45. The normalized spacial score (nSPS) is 29.5. The van der Waals surface area contributed by atoms with Crippen LogP contribution < -0.4 is 5.32 Å². The predicted molar refractivity (Wildman–Crippen MR) is 120 cm³/mol. The van der Waals surface area contributed by atoms with E-state index in [2.05, 4.69) is 31.1 Å². The van der Waals surface area contributed by atoms with Crippen molar-refractivity contribution in [1.29, 1.82) is 0 Å². The van der Waals surface area contributed by atoms with Crippen molar-refractivity contribution in [3.05, 3.63) is 16.6 Å². The zero-order chi connectivity index (χ0) is 22.2. The van der Waals surface area contributed by atoms with Crippen LogP contribution in [0.15, 0.2) is 11.6 Å². The molecule has 8 heteroatoms. The number of urea groups is 1. The number of carbonyl (C=O) groups excluding carboxylic acids is 3. The van der Waals surface area contributed by atoms with E-state index in [9.17, 15) is 14.4 Å². The summed E-state index contributed by atoms with van der Waals surface area (Å²) in [7, 11) is 0. The molecular formula is C23H34N4O3S. The molecular weight excluding hydrogens is 412 g/mol. The van der Waals surface area contributed by atoms with E-state index < -0.39 is 11.6 Å². The Morgan fingerprint density at radius 1 is 1.29 bits per heavy atom. The lowest BCUT2D eigenvalue weighted by atomic mass is 9.65. The summed E-state index contributed by atoms with van der Waals surface area (Å²) >= 11 is 1.62. The number of carbonyl (C=O) groups is 3. The maximum atomic E-state index is 13.3. The number of nitrogens with zero attached hydrogens (tertiary/aromatic N) is 3. The number of rotatable bonds is 5. The monoisotopic (exact) mass is 446 g/mol. The summed E-state index contributed by atoms with van der Waals surface area (Å²) in [6.45, 7) is 7.89. The van der Waals surface area contributed by atoms with Crippen molar-refractivity contribution in [3.8, 4) is 0 Å². The van der Waals surface area contributed by atoms with Crippen LogP contribution in [0.3, 0.4) is 0 Å². The Bertz CT molecular complexity index is 830. The summed E-state index contributed by atoms with van der Waals surface area (Å²) in [4.78, 5) is 46.3. The average molecular weight is 447 g/mol. The largest absolute Gasteiger partial charge is 0.340 e. The van der Waals surface area contributed by atoms with Crippen LogP contribution in [0.1, 0.15) is 76.6 Å². The molecule has 3 aliphatic rings. The van der Waals surface area contributed by atoms with Crippen LogP contribution in [0.5, 0.6) is 0 Å². The predicted octanol–water partition coefficient (Wildman–Crippen LogP) is 3.77. The van der Waals surface area contributed by atoms with Gasteiger partial charge in [-0.05, 0) is 49.9 Å². The van der Waals surface area contributed by atoms with Gasteiger partial charge in [-0.15, -0.1) is 11.3 Å². The average Bonchev–Trinajstić information content (AvgIpc) is 3.38. The van der Waals surface area contributed by atoms with Gasteiger partial charge < -0.3 is 10.2 Å². The van der Waals surface area contributed by atoms with E-state index in [4.69, 9.17) is 0 Å². The summed E-state index contributed by atoms with van der Waals surface area (Å²) < 4.78 is 0. The van der Waals surface area contributed by atoms with Gasteiger partial charge in [-0.2, -0.15) is 0 Å². The molecule has 31 heavy (non-hydrogen) atoms. The number of aromatic nitrogens is 1. The molecule has 170 valence electrons. The Kier molecular flexibility index (Phi) is 6.12. The number of amides is 4. The van der Waals surface area contributed by atoms with Crippen LogP contribution in [0, 0.1) is 11.3 Å². The van der Waals surface area contributed by atoms with Crippen LogP contribution in [-0.2, 0) is 9.59 Å². The fourth-order valence-electron chi connectivity index (χ4n) is 5.42. The number of likely N-dealkylation sites (tertiary alicyclic amines) is 1. The van der Waals surface area contributed by atoms with Gasteiger partial charge in [-0.1, -0.05) is 27.2 Å². The molecule has 0 bridgehead atoms. The van der Waals surface area contributed by atoms with Gasteiger partial charge in [0.15, 0.2) is 0 Å². The molecule has 1 saturated carbocycles. The van der Waals surface area contributed by atoms with E-state index in [1.54, 1.807) is 22.4 Å². The maximum absolute atomic E-state index is 13.3. The summed E-state index contributed by atoms with van der Waals surface area (Å²) in [5.74, 6) is 0.429. The Balaban J connectivity index is 1.38. The van der Waals surface area contributed by atoms with Crippen LogP contribution in [-0.4, -0.2) is 57.8 Å². The highest BCUT2D eigenvalue weighted by Gasteiger charge is 2.54. The first-order valence-electron chi connectivity index (χ1n) is 11.6. The summed E-state index contributed by atoms with van der Waals surface area (Å²) in [5, 5.41) is 5.97. The summed E-state index contributed by atoms with van der Waals surface area (Å²) in [6.07, 6.45) is 7.99. The number of imide groups is 1. The second-order valence-corrected chi connectivity index (χ2v) is 11.0. The molecule has 7 nitrogen and oxygen atoms in total. The molecule has 0 radical (unpaired) electrons. The fourth-order valence-corrected chi connectivity index (χ4v) is 6.18. The molecule has 2 saturated heterocycles. The standard InChI is InChI=1S/C23H34N4O3S/c1-4-22(2,3)17-7-9-23(10-8-17)20(29)27(21(30)25-23)15-18(28)26-12-5-6-16(14-26)19-24-11-13-31-19/h11,13,16-17H,4-10,12,14-15H2,1-3H3,(H,25,30). The van der Waals surface area contributed by atoms with Crippen LogP contribution >= 0.6 is 11.3 Å². The van der Waals surface area contributed by atoms with Gasteiger partial charge in [0.25, 0.3) is 5.91 Å². The van der Waals surface area contributed by atoms with Gasteiger partial charge >= 0.3 is 6.03 Å². The lowest BCUT2D eigenvalue weighted by Gasteiger charge is -2.42. The Hall–Kier alpha value is -1.96. The second-order valence-electron chi connectivity index (χ2n) is 10.1. The van der Waals surface area contributed by atoms with E-state index in [0.29, 0.717) is 31.8 Å². The zero-order valence-electron chi connectivity index (χ0n) is 18.9. The molecule has 1 atom stereocenters. The van der Waals surface area contributed by atoms with E-state index >= 15 is 0 Å². The molecule has 4 rings (SSSR count). The van der Waals surface area contributed by atoms with Crippen molar-refractivity contribution >= 4 is 29.2 Å². The van der Waals surface area contributed by atoms with Gasteiger partial charge in [0, 0.05) is 30.6 Å². The van der Waals surface area contributed by atoms with Crippen molar-refractivity contribution in [2.24, 2.45) is 11.3 Å². The highest BCUT2D eigenvalue weighted by atomic mass is 32.1. The minimum atomic E-state index is -0.816. The van der Waals surface area contributed by atoms with Gasteiger partial charge in [-0.3, -0.25) is 14.5 Å². The topological polar surface area (TPSA) is 82.6 Å². The molecule has 1 unspecified atom stereocenters. The van der Waals surface area contributed by atoms with Crippen LogP contribution in [0.2, 0.25) is 0 Å². The molecule has 0 aromatic carbocycles. The molecule has 1 aromatic heterocycles. The van der Waals surface area contributed by atoms with E-state index in [1.165, 1.54) is 0 Å². The first-order valence-corrected chi connectivity index (χ1v) is 12.4. The fraction of sp³-hybridized carbons (Fsp3) is 0.739. The van der Waals surface area contributed by atoms with Crippen molar-refractivity contribution in [2.45, 2.75) is 77.2 Å². The van der Waals surface area contributed by atoms with Crippen LogP contribution in [0.25, 0.3) is 0 Å². The third-order valence-corrected chi connectivity index (χ3v) is 8.91. The molecule has 1 aliphatic carbocycles. The number of hydrogen-bond acceptors (Lipinski definition) is 5. The first-order chi connectivity index (χ1) is 14.8. The number of nitrogens with one attached hydrogen (secondary N) is 1. The molecule has 3 fully saturated rings. The minimum absolute atomic E-state index is 0.150. The second kappa shape index (κ2) is 8.52. The summed E-state index contributed by atoms with van der Waals surface area (Å²) in [6, 6.07) is -0.417. The Labute approximate surface area is 188 Å². The number of hydrogen-bond donors (Lipinski definition) is 1. The van der Waals surface area contributed by atoms with E-state index in [0.717, 1.165) is 42.0 Å². The van der Waals surface area contributed by atoms with Gasteiger partial charge in [0.1, 0.15) is 12.1 Å². The molecule has 3 heterocycles. The molecule has 4 amide bonds. The van der Waals surface area contributed by atoms with Gasteiger partial charge in [0.2, 0.25) is 5.91 Å². The summed E-state index contributed by atoms with van der Waals surface area (Å²) in [5.41, 5.74) is -0.575. The molecule has 1 spiro atoms. The SMILES string of the molecule is CCC(C)(C)C1CCC2(CC1)NC(=O)N(CC(=O)N1CCCC(c3nccs3)C1)C2=O. The number of thiazole rings is 1. The lowest BCUT2D eigenvalue weighted by molar-refractivity contribution is -0.140. The Morgan fingerprint density at radius 2 is 2.03 bits per heavy atom. The van der Waals surface area contributed by atoms with Crippen molar-refractivity contribution in [1.82, 2.24) is 20.1 Å². The third kappa shape index (κ3) is 4.23. The third-order valence-electron chi connectivity index (χ3n) is 7.97. The molecule has 2 aliphatic heterocycles. The zero-order valence-corrected chi connectivity index (χ0v) is 19.7. The smallest absolute Gasteiger partial charge is 0.325 e. The van der Waals surface area contributed by atoms with E-state index in [1.807, 2.05) is 5.38 Å². The Morgan fingerprint density at radius 3 is 2.68 bits per heavy atom. The van der Waals surface area contributed by atoms with Gasteiger partial charge in [-0.25, -0.2) is 9.78 Å². The van der Waals surface area contributed by atoms with Gasteiger partial charge in [0.05, 0.1) is 5.01 Å². The quantitative estimate of drug-likeness (QED) is 0.698. The maximum Gasteiger partial charge on any atom is 0.325 e. The first kappa shape index (κ1) is 22.2.